The Labute approximate surface area is 209 Å². The van der Waals surface area contributed by atoms with Crippen LogP contribution < -0.4 is 5.32 Å². The van der Waals surface area contributed by atoms with Crippen LogP contribution in [0.25, 0.3) is 22.2 Å². The van der Waals surface area contributed by atoms with E-state index in [1.54, 1.807) is 6.92 Å². The SMILES string of the molecule is CCOC(=O)c1c(NC(=O)c2cc(-c3ccc(C)c(C)c3)nc3ccccc23)sc2c1CCCC2. The van der Waals surface area contributed by atoms with Crippen molar-refractivity contribution in [1.82, 2.24) is 4.98 Å². The molecule has 2 aromatic carbocycles. The van der Waals surface area contributed by atoms with Crippen molar-refractivity contribution in [1.29, 1.82) is 0 Å². The number of amides is 1. The normalized spacial score (nSPS) is 12.9. The second-order valence-corrected chi connectivity index (χ2v) is 10.1. The van der Waals surface area contributed by atoms with Gasteiger partial charge in [0.1, 0.15) is 5.00 Å². The number of hydrogen-bond acceptors (Lipinski definition) is 5. The highest BCUT2D eigenvalue weighted by molar-refractivity contribution is 7.17. The number of aromatic nitrogens is 1. The van der Waals surface area contributed by atoms with Crippen molar-refractivity contribution in [2.75, 3.05) is 11.9 Å². The maximum Gasteiger partial charge on any atom is 0.341 e. The van der Waals surface area contributed by atoms with E-state index in [4.69, 9.17) is 9.72 Å². The lowest BCUT2D eigenvalue weighted by Gasteiger charge is -2.13. The van der Waals surface area contributed by atoms with E-state index in [0.717, 1.165) is 53.4 Å². The molecule has 2 aromatic heterocycles. The summed E-state index contributed by atoms with van der Waals surface area (Å²) in [5.74, 6) is -0.615. The number of carbonyl (C=O) groups excluding carboxylic acids is 2. The van der Waals surface area contributed by atoms with Crippen molar-refractivity contribution < 1.29 is 14.3 Å². The highest BCUT2D eigenvalue weighted by Crippen LogP contribution is 2.39. The number of benzene rings is 2. The summed E-state index contributed by atoms with van der Waals surface area (Å²) in [6.07, 6.45) is 3.90. The monoisotopic (exact) mass is 484 g/mol. The Morgan fingerprint density at radius 1 is 1.03 bits per heavy atom. The minimum Gasteiger partial charge on any atom is -0.462 e. The number of rotatable bonds is 5. The Hall–Kier alpha value is -3.51. The largest absolute Gasteiger partial charge is 0.462 e. The molecule has 1 N–H and O–H groups in total. The minimum absolute atomic E-state index is 0.252. The zero-order valence-corrected chi connectivity index (χ0v) is 21.1. The summed E-state index contributed by atoms with van der Waals surface area (Å²) in [5, 5.41) is 4.42. The van der Waals surface area contributed by atoms with Crippen molar-refractivity contribution in [2.45, 2.75) is 46.5 Å². The number of para-hydroxylation sites is 1. The Balaban J connectivity index is 1.58. The number of anilines is 1. The molecule has 0 saturated heterocycles. The number of nitrogens with zero attached hydrogens (tertiary/aromatic N) is 1. The second kappa shape index (κ2) is 9.62. The summed E-state index contributed by atoms with van der Waals surface area (Å²) < 4.78 is 5.35. The summed E-state index contributed by atoms with van der Waals surface area (Å²) in [4.78, 5) is 32.6. The van der Waals surface area contributed by atoms with Gasteiger partial charge in [-0.1, -0.05) is 30.3 Å². The summed E-state index contributed by atoms with van der Waals surface area (Å²) >= 11 is 1.50. The van der Waals surface area contributed by atoms with Crippen LogP contribution in [0.15, 0.2) is 48.5 Å². The number of ether oxygens (including phenoxy) is 1. The first-order valence-corrected chi connectivity index (χ1v) is 12.9. The molecule has 4 aromatic rings. The van der Waals surface area contributed by atoms with Crippen LogP contribution in [0.5, 0.6) is 0 Å². The Kier molecular flexibility index (Phi) is 6.39. The highest BCUT2D eigenvalue weighted by Gasteiger charge is 2.28. The van der Waals surface area contributed by atoms with Gasteiger partial charge in [0.2, 0.25) is 0 Å². The number of esters is 1. The number of fused-ring (bicyclic) bond motifs is 2. The molecule has 0 saturated carbocycles. The lowest BCUT2D eigenvalue weighted by atomic mass is 9.95. The van der Waals surface area contributed by atoms with E-state index in [1.165, 1.54) is 27.3 Å². The number of hydrogen-bond donors (Lipinski definition) is 1. The maximum absolute atomic E-state index is 13.7. The molecular formula is C29H28N2O3S. The summed E-state index contributed by atoms with van der Waals surface area (Å²) in [6.45, 7) is 6.24. The Bertz CT molecular complexity index is 1450. The third-order valence-corrected chi connectivity index (χ3v) is 7.85. The van der Waals surface area contributed by atoms with E-state index in [2.05, 4.69) is 31.3 Å². The first kappa shape index (κ1) is 23.2. The summed E-state index contributed by atoms with van der Waals surface area (Å²) in [7, 11) is 0. The molecule has 0 fully saturated rings. The van der Waals surface area contributed by atoms with Crippen molar-refractivity contribution in [3.63, 3.8) is 0 Å². The van der Waals surface area contributed by atoms with Crippen molar-refractivity contribution in [2.24, 2.45) is 0 Å². The fraction of sp³-hybridized carbons (Fsp3) is 0.276. The van der Waals surface area contributed by atoms with Crippen molar-refractivity contribution >= 4 is 39.1 Å². The Morgan fingerprint density at radius 3 is 2.63 bits per heavy atom. The lowest BCUT2D eigenvalue weighted by Crippen LogP contribution is -2.16. The fourth-order valence-electron chi connectivity index (χ4n) is 4.66. The molecule has 5 nitrogen and oxygen atoms in total. The van der Waals surface area contributed by atoms with Gasteiger partial charge in [-0.05, 0) is 81.3 Å². The molecule has 1 aliphatic carbocycles. The molecule has 0 atom stereocenters. The van der Waals surface area contributed by atoms with Crippen LogP contribution in [0.4, 0.5) is 5.00 Å². The van der Waals surface area contributed by atoms with Crippen LogP contribution in [-0.4, -0.2) is 23.5 Å². The predicted octanol–water partition coefficient (Wildman–Crippen LogP) is 6.89. The molecule has 6 heteroatoms. The fourth-order valence-corrected chi connectivity index (χ4v) is 5.93. The second-order valence-electron chi connectivity index (χ2n) is 8.96. The average Bonchev–Trinajstić information content (AvgIpc) is 3.23. The maximum atomic E-state index is 13.7. The van der Waals surface area contributed by atoms with Crippen molar-refractivity contribution in [3.8, 4) is 11.3 Å². The molecule has 2 heterocycles. The van der Waals surface area contributed by atoms with Gasteiger partial charge in [-0.3, -0.25) is 4.79 Å². The van der Waals surface area contributed by atoms with Gasteiger partial charge in [0.15, 0.2) is 0 Å². The molecule has 1 aliphatic rings. The first-order chi connectivity index (χ1) is 17.0. The summed E-state index contributed by atoms with van der Waals surface area (Å²) in [5.41, 5.74) is 6.93. The number of carbonyl (C=O) groups is 2. The summed E-state index contributed by atoms with van der Waals surface area (Å²) in [6, 6.07) is 15.7. The quantitative estimate of drug-likeness (QED) is 0.313. The van der Waals surface area contributed by atoms with Gasteiger partial charge < -0.3 is 10.1 Å². The molecule has 0 radical (unpaired) electrons. The number of thiophene rings is 1. The standard InChI is InChI=1S/C29H28N2O3S/c1-4-34-29(33)26-21-10-6-8-12-25(21)35-28(26)31-27(32)22-16-24(19-14-13-17(2)18(3)15-19)30-23-11-7-5-9-20(22)23/h5,7,9,11,13-16H,4,6,8,10,12H2,1-3H3,(H,31,32). The van der Waals surface area contributed by atoms with Gasteiger partial charge in [0, 0.05) is 15.8 Å². The smallest absolute Gasteiger partial charge is 0.341 e. The minimum atomic E-state index is -0.363. The van der Waals surface area contributed by atoms with Gasteiger partial charge >= 0.3 is 5.97 Å². The van der Waals surface area contributed by atoms with Crippen LogP contribution in [0.3, 0.4) is 0 Å². The number of nitrogens with one attached hydrogen (secondary N) is 1. The van der Waals surface area contributed by atoms with Crippen LogP contribution in [-0.2, 0) is 17.6 Å². The number of aryl methyl sites for hydroxylation is 3. The zero-order chi connectivity index (χ0) is 24.5. The van der Waals surface area contributed by atoms with E-state index in [0.29, 0.717) is 22.7 Å². The predicted molar refractivity (Wildman–Crippen MR) is 142 cm³/mol. The molecule has 178 valence electrons. The molecule has 1 amide bonds. The van der Waals surface area contributed by atoms with Crippen LogP contribution in [0, 0.1) is 13.8 Å². The molecule has 0 unspecified atom stereocenters. The van der Waals surface area contributed by atoms with E-state index < -0.39 is 0 Å². The van der Waals surface area contributed by atoms with Gasteiger partial charge in [-0.2, -0.15) is 0 Å². The molecular weight excluding hydrogens is 456 g/mol. The van der Waals surface area contributed by atoms with Gasteiger partial charge in [0.25, 0.3) is 5.91 Å². The zero-order valence-electron chi connectivity index (χ0n) is 20.2. The third kappa shape index (κ3) is 4.46. The first-order valence-electron chi connectivity index (χ1n) is 12.1. The molecule has 35 heavy (non-hydrogen) atoms. The van der Waals surface area contributed by atoms with Gasteiger partial charge in [-0.25, -0.2) is 9.78 Å². The van der Waals surface area contributed by atoms with E-state index >= 15 is 0 Å². The van der Waals surface area contributed by atoms with E-state index in [1.807, 2.05) is 36.4 Å². The average molecular weight is 485 g/mol. The molecule has 0 aliphatic heterocycles. The number of pyridine rings is 1. The molecule has 0 spiro atoms. The van der Waals surface area contributed by atoms with Crippen molar-refractivity contribution in [3.05, 3.63) is 81.2 Å². The van der Waals surface area contributed by atoms with Crippen LogP contribution in [0.2, 0.25) is 0 Å². The third-order valence-electron chi connectivity index (χ3n) is 6.64. The topological polar surface area (TPSA) is 68.3 Å². The molecule has 0 bridgehead atoms. The van der Waals surface area contributed by atoms with E-state index in [9.17, 15) is 9.59 Å². The highest BCUT2D eigenvalue weighted by atomic mass is 32.1. The van der Waals surface area contributed by atoms with Crippen LogP contribution in [0.1, 0.15) is 62.0 Å². The Morgan fingerprint density at radius 2 is 1.83 bits per heavy atom. The van der Waals surface area contributed by atoms with Crippen LogP contribution >= 0.6 is 11.3 Å². The molecule has 5 rings (SSSR count). The van der Waals surface area contributed by atoms with Gasteiger partial charge in [-0.15, -0.1) is 11.3 Å². The van der Waals surface area contributed by atoms with E-state index in [-0.39, 0.29) is 11.9 Å². The van der Waals surface area contributed by atoms with Gasteiger partial charge in [0.05, 0.1) is 28.9 Å². The lowest BCUT2D eigenvalue weighted by molar-refractivity contribution is 0.0526.